The molecule has 0 saturated carbocycles. The number of ketones is 2. The molecule has 27 heavy (non-hydrogen) atoms. The molecule has 0 unspecified atom stereocenters. The van der Waals surface area contributed by atoms with Gasteiger partial charge < -0.3 is 9.13 Å². The predicted octanol–water partition coefficient (Wildman–Crippen LogP) is 5.09. The fourth-order valence-corrected chi connectivity index (χ4v) is 3.92. The van der Waals surface area contributed by atoms with Gasteiger partial charge in [0.15, 0.2) is 0 Å². The summed E-state index contributed by atoms with van der Waals surface area (Å²) in [6.07, 6.45) is 1.57. The average Bonchev–Trinajstić information content (AvgIpc) is 2.47. The van der Waals surface area contributed by atoms with Gasteiger partial charge in [0.05, 0.1) is 26.6 Å². The number of carbonyl (C=O) groups excluding carboxylic acids is 2. The molecule has 0 saturated heterocycles. The third kappa shape index (κ3) is 21.1. The lowest BCUT2D eigenvalue weighted by Crippen LogP contribution is -2.14. The Morgan fingerprint density at radius 1 is 0.741 bits per heavy atom. The van der Waals surface area contributed by atoms with Gasteiger partial charge in [-0.25, -0.2) is 0 Å². The molecule has 0 aliphatic carbocycles. The predicted molar refractivity (Wildman–Crippen MR) is 120 cm³/mol. The first-order valence-electron chi connectivity index (χ1n) is 8.66. The van der Waals surface area contributed by atoms with Crippen LogP contribution in [0.3, 0.4) is 0 Å². The smallest absolute Gasteiger partial charge is 0.143 e. The summed E-state index contributed by atoms with van der Waals surface area (Å²) >= 11 is 0. The molecule has 0 rings (SSSR count). The van der Waals surface area contributed by atoms with Crippen molar-refractivity contribution in [2.45, 2.75) is 48.0 Å². The van der Waals surface area contributed by atoms with Crippen LogP contribution in [-0.4, -0.2) is 50.5 Å². The first-order valence-corrected chi connectivity index (χ1v) is 14.2. The average molecular weight is 416 g/mol. The fourth-order valence-electron chi connectivity index (χ4n) is 1.80. The first kappa shape index (κ1) is 30.6. The van der Waals surface area contributed by atoms with Crippen LogP contribution < -0.4 is 0 Å². The lowest BCUT2D eigenvalue weighted by molar-refractivity contribution is -0.120. The minimum absolute atomic E-state index is 0. The van der Waals surface area contributed by atoms with E-state index >= 15 is 0 Å². The van der Waals surface area contributed by atoms with Crippen molar-refractivity contribution in [1.29, 1.82) is 0 Å². The van der Waals surface area contributed by atoms with Gasteiger partial charge in [-0.1, -0.05) is 21.3 Å². The number of hydrogen-bond acceptors (Lipinski definition) is 4. The largest absolute Gasteiger partial charge is 0.324 e. The highest BCUT2D eigenvalue weighted by Gasteiger charge is 2.19. The van der Waals surface area contributed by atoms with Crippen LogP contribution >= 0.6 is 14.3 Å². The Labute approximate surface area is 167 Å². The van der Waals surface area contributed by atoms with E-state index in [4.69, 9.17) is 0 Å². The van der Waals surface area contributed by atoms with Crippen molar-refractivity contribution < 1.29 is 18.7 Å². The lowest BCUT2D eigenvalue weighted by atomic mass is 10.0. The molecule has 0 aliphatic rings. The van der Waals surface area contributed by atoms with Crippen molar-refractivity contribution in [3.8, 4) is 23.7 Å². The van der Waals surface area contributed by atoms with Crippen molar-refractivity contribution >= 4 is 25.9 Å². The summed E-state index contributed by atoms with van der Waals surface area (Å²) in [6.45, 7) is 13.7. The number of carbonyl (C=O) groups is 2. The van der Waals surface area contributed by atoms with Crippen LogP contribution in [0.1, 0.15) is 48.0 Å². The molecule has 6 heteroatoms. The Morgan fingerprint density at radius 2 is 1.00 bits per heavy atom. The van der Waals surface area contributed by atoms with Gasteiger partial charge in [-0.3, -0.25) is 9.59 Å². The standard InChI is InChI=1S/2C10H17O2P.CH4/c2*1-5-6-7-9(2)10(11)8-13(3,4)12;/h2*9H,7-8H2,1-4H3;1H4/t2*9-;/m10./s1. The Morgan fingerprint density at radius 3 is 1.19 bits per heavy atom. The van der Waals surface area contributed by atoms with E-state index in [-0.39, 0.29) is 43.2 Å². The molecule has 2 atom stereocenters. The van der Waals surface area contributed by atoms with Gasteiger partial charge >= 0.3 is 0 Å². The van der Waals surface area contributed by atoms with E-state index < -0.39 is 14.3 Å². The zero-order valence-corrected chi connectivity index (χ0v) is 19.3. The minimum atomic E-state index is -2.21. The van der Waals surface area contributed by atoms with Gasteiger partial charge in [0.1, 0.15) is 11.6 Å². The fraction of sp³-hybridized carbons (Fsp3) is 0.714. The Bertz CT molecular complexity index is 614. The zero-order valence-electron chi connectivity index (χ0n) is 17.5. The van der Waals surface area contributed by atoms with E-state index in [1.165, 1.54) is 0 Å². The van der Waals surface area contributed by atoms with Gasteiger partial charge in [-0.2, -0.15) is 0 Å². The van der Waals surface area contributed by atoms with E-state index in [1.54, 1.807) is 40.5 Å². The van der Waals surface area contributed by atoms with Crippen LogP contribution in [0.4, 0.5) is 0 Å². The first-order chi connectivity index (χ1) is 11.7. The molecule has 0 aromatic rings. The maximum Gasteiger partial charge on any atom is 0.143 e. The summed E-state index contributed by atoms with van der Waals surface area (Å²) in [4.78, 5) is 22.8. The van der Waals surface area contributed by atoms with Crippen LogP contribution in [0, 0.1) is 35.5 Å². The molecule has 0 aromatic heterocycles. The number of hydrogen-bond donors (Lipinski definition) is 0. The second-order valence-electron chi connectivity index (χ2n) is 7.46. The zero-order chi connectivity index (χ0) is 21.0. The molecule has 0 fully saturated rings. The molecular formula is C21H38O4P2. The minimum Gasteiger partial charge on any atom is -0.324 e. The molecule has 0 spiro atoms. The highest BCUT2D eigenvalue weighted by Crippen LogP contribution is 2.37. The molecule has 0 radical (unpaired) electrons. The van der Waals surface area contributed by atoms with Crippen LogP contribution in [0.5, 0.6) is 0 Å². The van der Waals surface area contributed by atoms with Gasteiger partial charge in [-0.15, -0.1) is 23.7 Å². The topological polar surface area (TPSA) is 68.3 Å². The molecule has 0 aromatic carbocycles. The van der Waals surface area contributed by atoms with Crippen LogP contribution in [0.15, 0.2) is 0 Å². The summed E-state index contributed by atoms with van der Waals surface area (Å²) in [6, 6.07) is 0. The van der Waals surface area contributed by atoms with Crippen LogP contribution in [0.25, 0.3) is 0 Å². The quantitative estimate of drug-likeness (QED) is 0.408. The molecule has 4 nitrogen and oxygen atoms in total. The summed E-state index contributed by atoms with van der Waals surface area (Å²) in [5.41, 5.74) is 0. The van der Waals surface area contributed by atoms with Gasteiger partial charge in [0, 0.05) is 24.7 Å². The Hall–Kier alpha value is -1.08. The van der Waals surface area contributed by atoms with E-state index in [1.807, 2.05) is 13.8 Å². The van der Waals surface area contributed by atoms with Gasteiger partial charge in [0.25, 0.3) is 0 Å². The third-order valence-electron chi connectivity index (χ3n) is 3.34. The van der Waals surface area contributed by atoms with Gasteiger partial charge in [-0.05, 0) is 40.5 Å². The Kier molecular flexibility index (Phi) is 16.9. The van der Waals surface area contributed by atoms with Crippen molar-refractivity contribution in [1.82, 2.24) is 0 Å². The van der Waals surface area contributed by atoms with Gasteiger partial charge in [0.2, 0.25) is 0 Å². The number of Topliss-reactive ketones (excluding diaryl/α,β-unsaturated/α-hetero) is 2. The summed E-state index contributed by atoms with van der Waals surface area (Å²) < 4.78 is 22.7. The van der Waals surface area contributed by atoms with Crippen molar-refractivity contribution in [3.63, 3.8) is 0 Å². The molecular weight excluding hydrogens is 378 g/mol. The molecule has 0 bridgehead atoms. The second-order valence-corrected chi connectivity index (χ2v) is 14.4. The summed E-state index contributed by atoms with van der Waals surface area (Å²) in [5.74, 6) is 11.2. The molecule has 0 amide bonds. The van der Waals surface area contributed by atoms with Crippen molar-refractivity contribution in [2.75, 3.05) is 39.0 Å². The van der Waals surface area contributed by atoms with Crippen LogP contribution in [-0.2, 0) is 18.7 Å². The molecule has 0 heterocycles. The second kappa shape index (κ2) is 14.9. The summed E-state index contributed by atoms with van der Waals surface area (Å²) in [7, 11) is -4.41. The maximum atomic E-state index is 11.4. The molecule has 0 aliphatic heterocycles. The molecule has 0 N–H and O–H groups in total. The van der Waals surface area contributed by atoms with E-state index in [9.17, 15) is 18.7 Å². The normalized spacial score (nSPS) is 12.4. The Balaban J connectivity index is -0.000000411. The third-order valence-corrected chi connectivity index (χ3v) is 5.49. The van der Waals surface area contributed by atoms with E-state index in [0.29, 0.717) is 12.8 Å². The highest BCUT2D eigenvalue weighted by molar-refractivity contribution is 7.63. The van der Waals surface area contributed by atoms with E-state index in [0.717, 1.165) is 0 Å². The summed E-state index contributed by atoms with van der Waals surface area (Å²) in [5, 5.41) is 0. The number of rotatable bonds is 8. The van der Waals surface area contributed by atoms with Crippen molar-refractivity contribution in [2.24, 2.45) is 11.8 Å². The van der Waals surface area contributed by atoms with E-state index in [2.05, 4.69) is 23.7 Å². The monoisotopic (exact) mass is 416 g/mol. The maximum absolute atomic E-state index is 11.4. The van der Waals surface area contributed by atoms with Crippen LogP contribution in [0.2, 0.25) is 0 Å². The van der Waals surface area contributed by atoms with Crippen molar-refractivity contribution in [3.05, 3.63) is 0 Å². The molecule has 156 valence electrons. The highest BCUT2D eigenvalue weighted by atomic mass is 31.2. The lowest BCUT2D eigenvalue weighted by Gasteiger charge is -2.09. The SMILES string of the molecule is C.CC#CC[C@@H](C)C(=O)CP(C)(C)=O.CC#CC[C@H](C)C(=O)CP(C)(C)=O.